The lowest BCUT2D eigenvalue weighted by atomic mass is 9.90. The molecule has 1 heterocycles. The van der Waals surface area contributed by atoms with Crippen LogP contribution in [0.25, 0.3) is 0 Å². The van der Waals surface area contributed by atoms with Gasteiger partial charge in [-0.1, -0.05) is 6.92 Å². The van der Waals surface area contributed by atoms with Crippen LogP contribution in [-0.4, -0.2) is 34.5 Å². The van der Waals surface area contributed by atoms with Crippen LogP contribution in [-0.2, 0) is 14.6 Å². The van der Waals surface area contributed by atoms with Gasteiger partial charge in [-0.3, -0.25) is 0 Å². The molecule has 0 bridgehead atoms. The van der Waals surface area contributed by atoms with Gasteiger partial charge >= 0.3 is 0 Å². The highest BCUT2D eigenvalue weighted by molar-refractivity contribution is 7.90. The molecule has 4 nitrogen and oxygen atoms in total. The summed E-state index contributed by atoms with van der Waals surface area (Å²) in [6.07, 6.45) is 1.07. The minimum atomic E-state index is -3.36. The number of halogens is 1. The van der Waals surface area contributed by atoms with E-state index >= 15 is 0 Å². The molecule has 0 saturated carbocycles. The predicted molar refractivity (Wildman–Crippen MR) is 63.9 cm³/mol. The van der Waals surface area contributed by atoms with Crippen molar-refractivity contribution in [2.45, 2.75) is 11.8 Å². The molecule has 0 N–H and O–H groups in total. The summed E-state index contributed by atoms with van der Waals surface area (Å²) >= 11 is 0. The molecule has 0 amide bonds. The molecule has 1 aliphatic rings. The SMILES string of the molecule is CC1(COc2cc(S(C)(=O)=O)ccc2F)COC1. The van der Waals surface area contributed by atoms with Crippen LogP contribution < -0.4 is 4.74 Å². The van der Waals surface area contributed by atoms with Crippen molar-refractivity contribution in [2.75, 3.05) is 26.1 Å². The molecule has 1 fully saturated rings. The molecule has 1 aromatic rings. The van der Waals surface area contributed by atoms with E-state index in [1.165, 1.54) is 12.1 Å². The van der Waals surface area contributed by atoms with Crippen molar-refractivity contribution in [1.82, 2.24) is 0 Å². The summed E-state index contributed by atoms with van der Waals surface area (Å²) in [6, 6.07) is 3.55. The molecule has 1 aromatic carbocycles. The second-order valence-electron chi connectivity index (χ2n) is 4.96. The zero-order chi connectivity index (χ0) is 13.4. The maximum atomic E-state index is 13.5. The second-order valence-corrected chi connectivity index (χ2v) is 6.97. The molecule has 1 aliphatic heterocycles. The van der Waals surface area contributed by atoms with E-state index in [1.54, 1.807) is 0 Å². The fourth-order valence-electron chi connectivity index (χ4n) is 1.61. The van der Waals surface area contributed by atoms with Crippen molar-refractivity contribution < 1.29 is 22.3 Å². The number of hydrogen-bond donors (Lipinski definition) is 0. The van der Waals surface area contributed by atoms with E-state index < -0.39 is 15.7 Å². The van der Waals surface area contributed by atoms with Gasteiger partial charge in [-0.05, 0) is 12.1 Å². The zero-order valence-electron chi connectivity index (χ0n) is 10.3. The molecule has 0 unspecified atom stereocenters. The normalized spacial score (nSPS) is 18.2. The van der Waals surface area contributed by atoms with Crippen molar-refractivity contribution in [3.63, 3.8) is 0 Å². The van der Waals surface area contributed by atoms with Gasteiger partial charge in [-0.15, -0.1) is 0 Å². The molecular formula is C12H15FO4S. The highest BCUT2D eigenvalue weighted by atomic mass is 32.2. The lowest BCUT2D eigenvalue weighted by Crippen LogP contribution is -2.44. The third-order valence-electron chi connectivity index (χ3n) is 2.81. The molecule has 18 heavy (non-hydrogen) atoms. The largest absolute Gasteiger partial charge is 0.490 e. The summed E-state index contributed by atoms with van der Waals surface area (Å²) in [5.74, 6) is -0.600. The van der Waals surface area contributed by atoms with Gasteiger partial charge < -0.3 is 9.47 Å². The van der Waals surface area contributed by atoms with E-state index in [4.69, 9.17) is 9.47 Å². The number of sulfone groups is 1. The Balaban J connectivity index is 2.16. The van der Waals surface area contributed by atoms with Crippen LogP contribution in [0.15, 0.2) is 23.1 Å². The molecule has 0 radical (unpaired) electrons. The van der Waals surface area contributed by atoms with E-state index in [0.717, 1.165) is 12.3 Å². The molecular weight excluding hydrogens is 259 g/mol. The maximum Gasteiger partial charge on any atom is 0.175 e. The highest BCUT2D eigenvalue weighted by Crippen LogP contribution is 2.29. The van der Waals surface area contributed by atoms with E-state index in [1.807, 2.05) is 6.92 Å². The van der Waals surface area contributed by atoms with E-state index in [9.17, 15) is 12.8 Å². The number of rotatable bonds is 4. The first kappa shape index (κ1) is 13.3. The molecule has 6 heteroatoms. The van der Waals surface area contributed by atoms with Gasteiger partial charge in [-0.25, -0.2) is 12.8 Å². The van der Waals surface area contributed by atoms with Gasteiger partial charge in [-0.2, -0.15) is 0 Å². The zero-order valence-corrected chi connectivity index (χ0v) is 11.1. The molecule has 0 aliphatic carbocycles. The van der Waals surface area contributed by atoms with Gasteiger partial charge in [0.15, 0.2) is 21.4 Å². The summed E-state index contributed by atoms with van der Waals surface area (Å²) in [7, 11) is -3.36. The third kappa shape index (κ3) is 2.81. The summed E-state index contributed by atoms with van der Waals surface area (Å²) < 4.78 is 46.7. The minimum Gasteiger partial charge on any atom is -0.490 e. The van der Waals surface area contributed by atoms with Crippen molar-refractivity contribution in [1.29, 1.82) is 0 Å². The van der Waals surface area contributed by atoms with Gasteiger partial charge in [0.2, 0.25) is 0 Å². The van der Waals surface area contributed by atoms with Crippen molar-refractivity contribution in [3.8, 4) is 5.75 Å². The first-order chi connectivity index (χ1) is 8.30. The fraction of sp³-hybridized carbons (Fsp3) is 0.500. The fourth-order valence-corrected chi connectivity index (χ4v) is 2.25. The Labute approximate surface area is 106 Å². The monoisotopic (exact) mass is 274 g/mol. The Morgan fingerprint density at radius 3 is 2.61 bits per heavy atom. The van der Waals surface area contributed by atoms with Gasteiger partial charge in [0, 0.05) is 17.7 Å². The maximum absolute atomic E-state index is 13.5. The van der Waals surface area contributed by atoms with Gasteiger partial charge in [0.1, 0.15) is 0 Å². The van der Waals surface area contributed by atoms with E-state index in [2.05, 4.69) is 0 Å². The van der Waals surface area contributed by atoms with E-state index in [0.29, 0.717) is 19.8 Å². The van der Waals surface area contributed by atoms with Crippen LogP contribution in [0.4, 0.5) is 4.39 Å². The molecule has 0 atom stereocenters. The number of benzene rings is 1. The molecule has 0 spiro atoms. The Bertz CT molecular complexity index is 549. The summed E-state index contributed by atoms with van der Waals surface area (Å²) in [6.45, 7) is 3.41. The standard InChI is InChI=1S/C12H15FO4S/c1-12(6-16-7-12)8-17-11-5-9(18(2,14)15)3-4-10(11)13/h3-5H,6-8H2,1-2H3. The highest BCUT2D eigenvalue weighted by Gasteiger charge is 2.34. The third-order valence-corrected chi connectivity index (χ3v) is 3.92. The van der Waals surface area contributed by atoms with Crippen LogP contribution in [0, 0.1) is 11.2 Å². The molecule has 2 rings (SSSR count). The van der Waals surface area contributed by atoms with Crippen LogP contribution in [0.5, 0.6) is 5.75 Å². The average molecular weight is 274 g/mol. The lowest BCUT2D eigenvalue weighted by Gasteiger charge is -2.37. The first-order valence-corrected chi connectivity index (χ1v) is 7.39. The smallest absolute Gasteiger partial charge is 0.175 e. The molecule has 0 aromatic heterocycles. The topological polar surface area (TPSA) is 52.6 Å². The van der Waals surface area contributed by atoms with Crippen LogP contribution in [0.1, 0.15) is 6.92 Å². The van der Waals surface area contributed by atoms with Crippen LogP contribution in [0.3, 0.4) is 0 Å². The quantitative estimate of drug-likeness (QED) is 0.783. The van der Waals surface area contributed by atoms with Crippen LogP contribution >= 0.6 is 0 Å². The molecule has 1 saturated heterocycles. The first-order valence-electron chi connectivity index (χ1n) is 5.50. The lowest BCUT2D eigenvalue weighted by molar-refractivity contribution is -0.120. The molecule has 100 valence electrons. The summed E-state index contributed by atoms with van der Waals surface area (Å²) in [4.78, 5) is 0.0499. The summed E-state index contributed by atoms with van der Waals surface area (Å²) in [5.41, 5.74) is -0.118. The Kier molecular flexibility index (Phi) is 3.33. The average Bonchev–Trinajstić information content (AvgIpc) is 2.24. The van der Waals surface area contributed by atoms with Crippen molar-refractivity contribution >= 4 is 9.84 Å². The second kappa shape index (κ2) is 4.51. The number of hydrogen-bond acceptors (Lipinski definition) is 4. The Morgan fingerprint density at radius 1 is 1.44 bits per heavy atom. The minimum absolute atomic E-state index is 0.0361. The van der Waals surface area contributed by atoms with Crippen molar-refractivity contribution in [2.24, 2.45) is 5.41 Å². The van der Waals surface area contributed by atoms with Gasteiger partial charge in [0.25, 0.3) is 0 Å². The number of ether oxygens (including phenoxy) is 2. The van der Waals surface area contributed by atoms with Crippen LogP contribution in [0.2, 0.25) is 0 Å². The predicted octanol–water partition coefficient (Wildman–Crippen LogP) is 1.64. The van der Waals surface area contributed by atoms with E-state index in [-0.39, 0.29) is 16.1 Å². The Morgan fingerprint density at radius 2 is 2.11 bits per heavy atom. The summed E-state index contributed by atoms with van der Waals surface area (Å²) in [5, 5.41) is 0. The Hall–Kier alpha value is -1.14. The van der Waals surface area contributed by atoms with Gasteiger partial charge in [0.05, 0.1) is 24.7 Å². The van der Waals surface area contributed by atoms with Crippen molar-refractivity contribution in [3.05, 3.63) is 24.0 Å².